The highest BCUT2D eigenvalue weighted by atomic mass is 16.5. The molecule has 2 aromatic rings. The second-order valence-corrected chi connectivity index (χ2v) is 8.19. The van der Waals surface area contributed by atoms with E-state index in [1.54, 1.807) is 0 Å². The molecular formula is C28H26O2. The Morgan fingerprint density at radius 3 is 2.27 bits per heavy atom. The van der Waals surface area contributed by atoms with Gasteiger partial charge in [0.05, 0.1) is 11.3 Å². The largest absolute Gasteiger partial charge is 0.480 e. The Morgan fingerprint density at radius 2 is 1.60 bits per heavy atom. The summed E-state index contributed by atoms with van der Waals surface area (Å²) >= 11 is 0. The van der Waals surface area contributed by atoms with E-state index in [0.717, 1.165) is 28.0 Å². The lowest BCUT2D eigenvalue weighted by atomic mass is 9.60. The van der Waals surface area contributed by atoms with Gasteiger partial charge in [0.1, 0.15) is 5.76 Å². The molecule has 2 aromatic carbocycles. The fourth-order valence-electron chi connectivity index (χ4n) is 5.83. The minimum Gasteiger partial charge on any atom is -0.480 e. The summed E-state index contributed by atoms with van der Waals surface area (Å²) in [6, 6.07) is 20.7. The lowest BCUT2D eigenvalue weighted by Gasteiger charge is -2.41. The Morgan fingerprint density at radius 1 is 0.900 bits per heavy atom. The summed E-state index contributed by atoms with van der Waals surface area (Å²) in [5.74, 6) is 1.02. The molecule has 0 aromatic heterocycles. The van der Waals surface area contributed by atoms with Crippen molar-refractivity contribution in [1.82, 2.24) is 0 Å². The molecule has 3 aliphatic rings. The van der Waals surface area contributed by atoms with E-state index in [2.05, 4.69) is 50.3 Å². The maximum absolute atomic E-state index is 14.3. The third kappa shape index (κ3) is 2.22. The van der Waals surface area contributed by atoms with Gasteiger partial charge in [-0.1, -0.05) is 98.8 Å². The van der Waals surface area contributed by atoms with E-state index in [0.29, 0.717) is 12.8 Å². The van der Waals surface area contributed by atoms with Crippen LogP contribution in [-0.4, -0.2) is 5.78 Å². The minimum absolute atomic E-state index is 0.0898. The van der Waals surface area contributed by atoms with Crippen LogP contribution >= 0.6 is 0 Å². The molecule has 1 heterocycles. The second kappa shape index (κ2) is 6.98. The van der Waals surface area contributed by atoms with Gasteiger partial charge in [-0.25, -0.2) is 0 Å². The first-order valence-corrected chi connectivity index (χ1v) is 10.8. The van der Waals surface area contributed by atoms with Crippen LogP contribution in [0.2, 0.25) is 0 Å². The molecule has 0 spiro atoms. The average Bonchev–Trinajstić information content (AvgIpc) is 3.05. The highest BCUT2D eigenvalue weighted by Crippen LogP contribution is 2.70. The molecule has 30 heavy (non-hydrogen) atoms. The molecule has 1 aliphatic heterocycles. The van der Waals surface area contributed by atoms with Gasteiger partial charge in [0, 0.05) is 16.7 Å². The third-order valence-corrected chi connectivity index (χ3v) is 7.01. The van der Waals surface area contributed by atoms with Crippen molar-refractivity contribution < 1.29 is 9.53 Å². The molecular weight excluding hydrogens is 368 g/mol. The van der Waals surface area contributed by atoms with Gasteiger partial charge in [-0.15, -0.1) is 0 Å². The van der Waals surface area contributed by atoms with Gasteiger partial charge in [-0.3, -0.25) is 4.79 Å². The van der Waals surface area contributed by atoms with E-state index in [4.69, 9.17) is 4.74 Å². The molecule has 2 heteroatoms. The van der Waals surface area contributed by atoms with Crippen LogP contribution < -0.4 is 0 Å². The van der Waals surface area contributed by atoms with Crippen molar-refractivity contribution in [1.29, 1.82) is 0 Å². The molecule has 3 atom stereocenters. The first kappa shape index (κ1) is 18.9. The molecule has 150 valence electrons. The van der Waals surface area contributed by atoms with Crippen molar-refractivity contribution in [2.24, 2.45) is 11.3 Å². The van der Waals surface area contributed by atoms with Crippen LogP contribution in [0, 0.1) is 11.3 Å². The van der Waals surface area contributed by atoms with Gasteiger partial charge in [-0.2, -0.15) is 0 Å². The van der Waals surface area contributed by atoms with Gasteiger partial charge < -0.3 is 4.74 Å². The first-order valence-electron chi connectivity index (χ1n) is 10.8. The monoisotopic (exact) mass is 394 g/mol. The summed E-state index contributed by atoms with van der Waals surface area (Å²) < 4.78 is 6.99. The number of ketones is 1. The zero-order chi connectivity index (χ0) is 20.8. The van der Waals surface area contributed by atoms with E-state index in [9.17, 15) is 4.79 Å². The number of hydrogen-bond donors (Lipinski definition) is 0. The van der Waals surface area contributed by atoms with Gasteiger partial charge in [0.25, 0.3) is 0 Å². The third-order valence-electron chi connectivity index (χ3n) is 7.01. The molecule has 0 radical (unpaired) electrons. The minimum atomic E-state index is -0.835. The fourth-order valence-corrected chi connectivity index (χ4v) is 5.83. The van der Waals surface area contributed by atoms with Crippen LogP contribution in [0.25, 0.3) is 5.57 Å². The van der Waals surface area contributed by atoms with Crippen molar-refractivity contribution in [3.05, 3.63) is 114 Å². The van der Waals surface area contributed by atoms with Gasteiger partial charge >= 0.3 is 0 Å². The number of allylic oxidation sites excluding steroid dienone is 6. The van der Waals surface area contributed by atoms with Gasteiger partial charge in [0.2, 0.25) is 0 Å². The quantitative estimate of drug-likeness (QED) is 0.601. The fraction of sp³-hybridized carbons (Fsp3) is 0.250. The molecule has 0 bridgehead atoms. The topological polar surface area (TPSA) is 26.3 Å². The molecule has 1 saturated heterocycles. The molecule has 5 rings (SSSR count). The number of hydrogen-bond acceptors (Lipinski definition) is 2. The molecule has 0 amide bonds. The predicted octanol–water partition coefficient (Wildman–Crippen LogP) is 6.38. The number of benzene rings is 2. The van der Waals surface area contributed by atoms with Crippen LogP contribution in [0.15, 0.2) is 102 Å². The van der Waals surface area contributed by atoms with Crippen molar-refractivity contribution >= 4 is 11.4 Å². The zero-order valence-corrected chi connectivity index (χ0v) is 17.5. The summed E-state index contributed by atoms with van der Waals surface area (Å²) in [6.45, 7) is 4.22. The van der Waals surface area contributed by atoms with Crippen LogP contribution in [0.1, 0.15) is 37.8 Å². The van der Waals surface area contributed by atoms with E-state index >= 15 is 0 Å². The molecule has 2 aliphatic carbocycles. The standard InChI is InChI=1S/C28H26O2/c1-3-22-25(20-14-8-5-9-15-20)28(21-16-10-6-11-17-21)27(4-2,26(22)29)23-18-12-7-13-19-24(23)30-28/h5-19,23H,3-4H2,1-2H3/t23-,27+,28-/m1/s1. The zero-order valence-electron chi connectivity index (χ0n) is 17.5. The summed E-state index contributed by atoms with van der Waals surface area (Å²) in [7, 11) is 0. The van der Waals surface area contributed by atoms with Crippen molar-refractivity contribution in [2.75, 3.05) is 0 Å². The number of carbonyl (C=O) groups excluding carboxylic acids is 1. The van der Waals surface area contributed by atoms with E-state index < -0.39 is 11.0 Å². The maximum atomic E-state index is 14.3. The highest BCUT2D eigenvalue weighted by molar-refractivity contribution is 6.15. The Labute approximate surface area is 178 Å². The van der Waals surface area contributed by atoms with E-state index in [1.165, 1.54) is 0 Å². The maximum Gasteiger partial charge on any atom is 0.173 e. The van der Waals surface area contributed by atoms with Crippen molar-refractivity contribution in [3.8, 4) is 0 Å². The SMILES string of the molecule is CCC1=C(c2ccccc2)[C@@]2(c3ccccc3)OC3=CC=CC=C[C@H]3[C@@]2(CC)C1=O. The van der Waals surface area contributed by atoms with Gasteiger partial charge in [0.15, 0.2) is 11.4 Å². The molecule has 0 N–H and O–H groups in total. The number of rotatable bonds is 4. The summed E-state index contributed by atoms with van der Waals surface area (Å²) in [5, 5.41) is 0. The lowest BCUT2D eigenvalue weighted by Crippen LogP contribution is -2.47. The van der Waals surface area contributed by atoms with Gasteiger partial charge in [-0.05, 0) is 24.5 Å². The first-order chi connectivity index (χ1) is 14.7. The molecule has 2 nitrogen and oxygen atoms in total. The number of carbonyl (C=O) groups is 1. The van der Waals surface area contributed by atoms with Crippen LogP contribution in [0.4, 0.5) is 0 Å². The Balaban J connectivity index is 1.91. The lowest BCUT2D eigenvalue weighted by molar-refractivity contribution is -0.131. The normalized spacial score (nSPS) is 29.3. The van der Waals surface area contributed by atoms with E-state index in [1.807, 2.05) is 54.6 Å². The van der Waals surface area contributed by atoms with E-state index in [-0.39, 0.29) is 11.7 Å². The Bertz CT molecular complexity index is 1100. The Kier molecular flexibility index (Phi) is 4.39. The molecule has 0 unspecified atom stereocenters. The average molecular weight is 395 g/mol. The molecule has 0 saturated carbocycles. The summed E-state index contributed by atoms with van der Waals surface area (Å²) in [4.78, 5) is 14.3. The van der Waals surface area contributed by atoms with Crippen molar-refractivity contribution in [3.63, 3.8) is 0 Å². The summed E-state index contributed by atoms with van der Waals surface area (Å²) in [6.07, 6.45) is 11.6. The number of Topliss-reactive ketones (excluding diaryl/α,β-unsaturated/α-hetero) is 1. The second-order valence-electron chi connectivity index (χ2n) is 8.19. The summed E-state index contributed by atoms with van der Waals surface area (Å²) in [5.41, 5.74) is 2.52. The van der Waals surface area contributed by atoms with Crippen LogP contribution in [0.5, 0.6) is 0 Å². The van der Waals surface area contributed by atoms with Crippen LogP contribution in [-0.2, 0) is 15.1 Å². The smallest absolute Gasteiger partial charge is 0.173 e. The highest BCUT2D eigenvalue weighted by Gasteiger charge is 2.73. The Hall–Kier alpha value is -3.13. The molecule has 1 fully saturated rings. The number of ether oxygens (including phenoxy) is 1. The predicted molar refractivity (Wildman–Crippen MR) is 120 cm³/mol. The van der Waals surface area contributed by atoms with Crippen molar-refractivity contribution in [2.45, 2.75) is 32.3 Å². The number of fused-ring (bicyclic) bond motifs is 3. The van der Waals surface area contributed by atoms with Crippen LogP contribution in [0.3, 0.4) is 0 Å².